The monoisotopic (exact) mass is 251 g/mol. The molecule has 0 bridgehead atoms. The fourth-order valence-electron chi connectivity index (χ4n) is 2.44. The molecule has 0 aromatic heterocycles. The molecule has 2 aromatic carbocycles. The van der Waals surface area contributed by atoms with Crippen LogP contribution in [0.5, 0.6) is 5.75 Å². The van der Waals surface area contributed by atoms with Gasteiger partial charge in [0.05, 0.1) is 5.56 Å². The SMILES string of the molecule is [N-]=[N+]=NC(=O)c1cc2c(cc1O)-c1ccccc1C2. The zero-order chi connectivity index (χ0) is 13.4. The lowest BCUT2D eigenvalue weighted by molar-refractivity contribution is 0.0998. The number of hydrogen-bond donors (Lipinski definition) is 1. The summed E-state index contributed by atoms with van der Waals surface area (Å²) in [6.45, 7) is 0. The van der Waals surface area contributed by atoms with E-state index in [4.69, 9.17) is 5.53 Å². The summed E-state index contributed by atoms with van der Waals surface area (Å²) < 4.78 is 0. The molecule has 0 radical (unpaired) electrons. The molecule has 1 N–H and O–H groups in total. The van der Waals surface area contributed by atoms with E-state index < -0.39 is 5.91 Å². The Morgan fingerprint density at radius 1 is 1.21 bits per heavy atom. The van der Waals surface area contributed by atoms with E-state index in [-0.39, 0.29) is 11.3 Å². The first-order chi connectivity index (χ1) is 9.20. The smallest absolute Gasteiger partial charge is 0.252 e. The molecule has 1 amide bonds. The third kappa shape index (κ3) is 1.73. The highest BCUT2D eigenvalue weighted by molar-refractivity contribution is 5.99. The summed E-state index contributed by atoms with van der Waals surface area (Å²) in [7, 11) is 0. The quantitative estimate of drug-likeness (QED) is 0.408. The van der Waals surface area contributed by atoms with Gasteiger partial charge >= 0.3 is 0 Å². The van der Waals surface area contributed by atoms with Crippen LogP contribution in [-0.4, -0.2) is 11.0 Å². The molecule has 2 aromatic rings. The van der Waals surface area contributed by atoms with Gasteiger partial charge < -0.3 is 5.11 Å². The highest BCUT2D eigenvalue weighted by Gasteiger charge is 2.21. The largest absolute Gasteiger partial charge is 0.507 e. The number of nitrogens with zero attached hydrogens (tertiary/aromatic N) is 3. The van der Waals surface area contributed by atoms with Crippen LogP contribution >= 0.6 is 0 Å². The van der Waals surface area contributed by atoms with Crippen molar-refractivity contribution in [2.24, 2.45) is 5.11 Å². The Kier molecular flexibility index (Phi) is 2.47. The Labute approximate surface area is 108 Å². The number of azide groups is 1. The molecule has 5 heteroatoms. The summed E-state index contributed by atoms with van der Waals surface area (Å²) in [4.78, 5) is 14.0. The van der Waals surface area contributed by atoms with Crippen molar-refractivity contribution in [3.05, 3.63) is 63.5 Å². The molecular weight excluding hydrogens is 242 g/mol. The van der Waals surface area contributed by atoms with E-state index in [9.17, 15) is 9.90 Å². The Hall–Kier alpha value is -2.78. The summed E-state index contributed by atoms with van der Waals surface area (Å²) in [5.74, 6) is -0.924. The van der Waals surface area contributed by atoms with Gasteiger partial charge in [-0.05, 0) is 51.5 Å². The molecule has 19 heavy (non-hydrogen) atoms. The molecule has 0 saturated heterocycles. The molecule has 0 heterocycles. The van der Waals surface area contributed by atoms with Gasteiger partial charge in [-0.15, -0.1) is 0 Å². The third-order valence-corrected chi connectivity index (χ3v) is 3.28. The Bertz CT molecular complexity index is 746. The van der Waals surface area contributed by atoms with Crippen LogP contribution in [0, 0.1) is 0 Å². The molecule has 0 spiro atoms. The number of benzene rings is 2. The van der Waals surface area contributed by atoms with Crippen LogP contribution in [-0.2, 0) is 6.42 Å². The number of carbonyl (C=O) groups excluding carboxylic acids is 1. The number of rotatable bonds is 1. The molecule has 3 rings (SSSR count). The molecule has 1 aliphatic carbocycles. The second kappa shape index (κ2) is 4.15. The first-order valence-corrected chi connectivity index (χ1v) is 5.74. The van der Waals surface area contributed by atoms with Crippen molar-refractivity contribution in [1.82, 2.24) is 0 Å². The van der Waals surface area contributed by atoms with E-state index in [1.54, 1.807) is 12.1 Å². The number of amides is 1. The minimum atomic E-state index is -0.765. The van der Waals surface area contributed by atoms with Gasteiger partial charge in [0.25, 0.3) is 5.91 Å². The van der Waals surface area contributed by atoms with Gasteiger partial charge in [-0.1, -0.05) is 24.3 Å². The van der Waals surface area contributed by atoms with Gasteiger partial charge in [0.15, 0.2) is 0 Å². The van der Waals surface area contributed by atoms with Crippen LogP contribution in [0.25, 0.3) is 21.6 Å². The van der Waals surface area contributed by atoms with Crippen molar-refractivity contribution in [3.8, 4) is 16.9 Å². The van der Waals surface area contributed by atoms with E-state index in [0.29, 0.717) is 6.42 Å². The average molecular weight is 251 g/mol. The van der Waals surface area contributed by atoms with Crippen LogP contribution < -0.4 is 0 Å². The number of fused-ring (bicyclic) bond motifs is 3. The maximum absolute atomic E-state index is 11.6. The van der Waals surface area contributed by atoms with Crippen LogP contribution in [0.4, 0.5) is 0 Å². The molecule has 0 fully saturated rings. The molecule has 5 nitrogen and oxygen atoms in total. The van der Waals surface area contributed by atoms with Gasteiger partial charge in [-0.3, -0.25) is 4.79 Å². The molecular formula is C14H9N3O2. The lowest BCUT2D eigenvalue weighted by Crippen LogP contribution is -1.96. The fourth-order valence-corrected chi connectivity index (χ4v) is 2.44. The summed E-state index contributed by atoms with van der Waals surface area (Å²) in [5, 5.41) is 12.9. The van der Waals surface area contributed by atoms with E-state index >= 15 is 0 Å². The standard InChI is InChI=1S/C14H9N3O2/c15-17-16-14(19)12-6-9-5-8-3-1-2-4-10(8)11(9)7-13(12)18/h1-4,6-7,18H,5H2. The van der Waals surface area contributed by atoms with Crippen LogP contribution in [0.3, 0.4) is 0 Å². The second-order valence-electron chi connectivity index (χ2n) is 4.36. The van der Waals surface area contributed by atoms with Crippen molar-refractivity contribution in [3.63, 3.8) is 0 Å². The Morgan fingerprint density at radius 3 is 2.79 bits per heavy atom. The molecule has 0 unspecified atom stereocenters. The molecule has 0 atom stereocenters. The maximum atomic E-state index is 11.6. The van der Waals surface area contributed by atoms with E-state index in [2.05, 4.69) is 10.0 Å². The number of phenols is 1. The van der Waals surface area contributed by atoms with Crippen molar-refractivity contribution in [2.75, 3.05) is 0 Å². The Morgan fingerprint density at radius 2 is 2.00 bits per heavy atom. The number of aromatic hydroxyl groups is 1. The van der Waals surface area contributed by atoms with Crippen LogP contribution in [0.15, 0.2) is 41.5 Å². The highest BCUT2D eigenvalue weighted by atomic mass is 16.3. The van der Waals surface area contributed by atoms with Crippen molar-refractivity contribution < 1.29 is 9.90 Å². The van der Waals surface area contributed by atoms with Gasteiger partial charge in [-0.2, -0.15) is 0 Å². The van der Waals surface area contributed by atoms with Gasteiger partial charge in [-0.25, -0.2) is 0 Å². The number of hydrogen-bond acceptors (Lipinski definition) is 2. The van der Waals surface area contributed by atoms with E-state index in [1.165, 1.54) is 0 Å². The van der Waals surface area contributed by atoms with Crippen molar-refractivity contribution in [1.29, 1.82) is 0 Å². The van der Waals surface area contributed by atoms with E-state index in [0.717, 1.165) is 22.3 Å². The molecule has 0 saturated carbocycles. The van der Waals surface area contributed by atoms with Gasteiger partial charge in [0.2, 0.25) is 0 Å². The lowest BCUT2D eigenvalue weighted by Gasteiger charge is -2.05. The Balaban J connectivity index is 2.16. The fraction of sp³-hybridized carbons (Fsp3) is 0.0714. The highest BCUT2D eigenvalue weighted by Crippen LogP contribution is 2.39. The number of phenolic OH excluding ortho intramolecular Hbond substituents is 1. The first kappa shape index (κ1) is 11.3. The third-order valence-electron chi connectivity index (χ3n) is 3.28. The average Bonchev–Trinajstić information content (AvgIpc) is 2.76. The predicted octanol–water partition coefficient (Wildman–Crippen LogP) is 3.41. The van der Waals surface area contributed by atoms with Crippen molar-refractivity contribution in [2.45, 2.75) is 6.42 Å². The van der Waals surface area contributed by atoms with Crippen LogP contribution in [0.2, 0.25) is 0 Å². The summed E-state index contributed by atoms with van der Waals surface area (Å²) >= 11 is 0. The predicted molar refractivity (Wildman–Crippen MR) is 69.8 cm³/mol. The van der Waals surface area contributed by atoms with Gasteiger partial charge in [0.1, 0.15) is 5.75 Å². The summed E-state index contributed by atoms with van der Waals surface area (Å²) in [6, 6.07) is 11.0. The normalized spacial score (nSPS) is 11.4. The van der Waals surface area contributed by atoms with Crippen molar-refractivity contribution >= 4 is 5.91 Å². The minimum absolute atomic E-state index is 0.0457. The molecule has 92 valence electrons. The van der Waals surface area contributed by atoms with Gasteiger partial charge in [0, 0.05) is 4.91 Å². The first-order valence-electron chi connectivity index (χ1n) is 5.74. The zero-order valence-corrected chi connectivity index (χ0v) is 9.87. The molecule has 0 aliphatic heterocycles. The minimum Gasteiger partial charge on any atom is -0.507 e. The summed E-state index contributed by atoms with van der Waals surface area (Å²) in [5.41, 5.74) is 12.4. The lowest BCUT2D eigenvalue weighted by atomic mass is 10.0. The molecule has 1 aliphatic rings. The van der Waals surface area contributed by atoms with E-state index in [1.807, 2.05) is 24.3 Å². The van der Waals surface area contributed by atoms with Crippen LogP contribution in [0.1, 0.15) is 21.5 Å². The maximum Gasteiger partial charge on any atom is 0.252 e. The summed E-state index contributed by atoms with van der Waals surface area (Å²) in [6.07, 6.45) is 0.711. The number of carbonyl (C=O) groups is 1. The second-order valence-corrected chi connectivity index (χ2v) is 4.36. The zero-order valence-electron chi connectivity index (χ0n) is 9.87. The topological polar surface area (TPSA) is 86.1 Å².